The zero-order chi connectivity index (χ0) is 17.6. The molecular weight excluding hydrogens is 340 g/mol. The van der Waals surface area contributed by atoms with Crippen LogP contribution in [0.3, 0.4) is 0 Å². The Labute approximate surface area is 148 Å². The van der Waals surface area contributed by atoms with E-state index >= 15 is 0 Å². The van der Waals surface area contributed by atoms with Crippen molar-refractivity contribution in [2.24, 2.45) is 0 Å². The Balaban J connectivity index is 1.54. The summed E-state index contributed by atoms with van der Waals surface area (Å²) in [6.07, 6.45) is 0. The maximum absolute atomic E-state index is 11.9. The van der Waals surface area contributed by atoms with Crippen LogP contribution in [-0.2, 0) is 16.1 Å². The van der Waals surface area contributed by atoms with Crippen molar-refractivity contribution >= 4 is 28.8 Å². The molecule has 0 bridgehead atoms. The van der Waals surface area contributed by atoms with Crippen LogP contribution in [0.15, 0.2) is 58.3 Å². The lowest BCUT2D eigenvalue weighted by Gasteiger charge is -2.07. The van der Waals surface area contributed by atoms with E-state index in [9.17, 15) is 9.59 Å². The van der Waals surface area contributed by atoms with Gasteiger partial charge in [-0.25, -0.2) is 0 Å². The maximum Gasteiger partial charge on any atom is 0.313 e. The number of carbonyl (C=O) groups excluding carboxylic acids is 2. The fourth-order valence-electron chi connectivity index (χ4n) is 2.16. The third kappa shape index (κ3) is 4.27. The molecule has 0 fully saturated rings. The van der Waals surface area contributed by atoms with Crippen LogP contribution in [0.4, 0.5) is 5.69 Å². The topological polar surface area (TPSA) is 80.6 Å². The number of rotatable bonds is 5. The molecular formula is C18H16N2O4S. The van der Waals surface area contributed by atoms with E-state index in [1.54, 1.807) is 41.7 Å². The lowest BCUT2D eigenvalue weighted by atomic mass is 10.3. The third-order valence-electron chi connectivity index (χ3n) is 3.38. The van der Waals surface area contributed by atoms with E-state index in [2.05, 4.69) is 10.6 Å². The molecule has 0 spiro atoms. The van der Waals surface area contributed by atoms with Gasteiger partial charge >= 0.3 is 11.8 Å². The molecule has 2 aromatic heterocycles. The van der Waals surface area contributed by atoms with E-state index in [0.29, 0.717) is 17.2 Å². The smallest absolute Gasteiger partial charge is 0.313 e. The number of thiophene rings is 1. The molecule has 6 nitrogen and oxygen atoms in total. The summed E-state index contributed by atoms with van der Waals surface area (Å²) in [6, 6.07) is 14.3. The first-order chi connectivity index (χ1) is 12.2. The number of ether oxygens (including phenoxy) is 1. The van der Waals surface area contributed by atoms with Gasteiger partial charge in [-0.3, -0.25) is 9.59 Å². The Morgan fingerprint density at radius 3 is 2.76 bits per heavy atom. The Bertz CT molecular complexity index is 871. The fraction of sp³-hybridized carbons (Fsp3) is 0.111. The second-order valence-corrected chi connectivity index (χ2v) is 6.06. The lowest BCUT2D eigenvalue weighted by Crippen LogP contribution is -2.34. The summed E-state index contributed by atoms with van der Waals surface area (Å²) in [4.78, 5) is 24.9. The van der Waals surface area contributed by atoms with Gasteiger partial charge < -0.3 is 19.8 Å². The molecule has 3 rings (SSSR count). The average molecular weight is 356 g/mol. The lowest BCUT2D eigenvalue weighted by molar-refractivity contribution is -0.136. The number of furan rings is 1. The molecule has 2 heterocycles. The van der Waals surface area contributed by atoms with Crippen molar-refractivity contribution in [1.29, 1.82) is 0 Å². The zero-order valence-electron chi connectivity index (χ0n) is 13.4. The fourth-order valence-corrected chi connectivity index (χ4v) is 2.85. The highest BCUT2D eigenvalue weighted by molar-refractivity contribution is 7.13. The molecule has 0 aliphatic rings. The van der Waals surface area contributed by atoms with Crippen molar-refractivity contribution in [1.82, 2.24) is 5.32 Å². The number of hydrogen-bond acceptors (Lipinski definition) is 5. The minimum atomic E-state index is -0.752. The van der Waals surface area contributed by atoms with Crippen LogP contribution >= 0.6 is 11.3 Å². The molecule has 2 N–H and O–H groups in total. The third-order valence-corrected chi connectivity index (χ3v) is 4.27. The van der Waals surface area contributed by atoms with Crippen molar-refractivity contribution in [3.8, 4) is 16.4 Å². The number of carbonyl (C=O) groups is 2. The number of amides is 2. The summed E-state index contributed by atoms with van der Waals surface area (Å²) in [5.41, 5.74) is 0.484. The minimum Gasteiger partial charge on any atom is -0.497 e. The van der Waals surface area contributed by atoms with Crippen LogP contribution in [0.1, 0.15) is 5.76 Å². The van der Waals surface area contributed by atoms with Gasteiger partial charge in [0, 0.05) is 11.8 Å². The molecule has 1 aromatic carbocycles. The number of methoxy groups -OCH3 is 1. The van der Waals surface area contributed by atoms with Gasteiger partial charge in [0.05, 0.1) is 18.5 Å². The van der Waals surface area contributed by atoms with Crippen molar-refractivity contribution in [2.45, 2.75) is 6.54 Å². The van der Waals surface area contributed by atoms with Gasteiger partial charge in [0.2, 0.25) is 0 Å². The van der Waals surface area contributed by atoms with Gasteiger partial charge in [0.1, 0.15) is 17.3 Å². The quantitative estimate of drug-likeness (QED) is 0.688. The maximum atomic E-state index is 11.9. The van der Waals surface area contributed by atoms with E-state index in [4.69, 9.17) is 9.15 Å². The highest BCUT2D eigenvalue weighted by Crippen LogP contribution is 2.26. The second-order valence-electron chi connectivity index (χ2n) is 5.11. The van der Waals surface area contributed by atoms with Crippen molar-refractivity contribution < 1.29 is 18.7 Å². The summed E-state index contributed by atoms with van der Waals surface area (Å²) in [5, 5.41) is 7.01. The average Bonchev–Trinajstić information content (AvgIpc) is 3.31. The van der Waals surface area contributed by atoms with E-state index in [-0.39, 0.29) is 6.54 Å². The largest absolute Gasteiger partial charge is 0.497 e. The molecule has 128 valence electrons. The first-order valence-electron chi connectivity index (χ1n) is 7.51. The number of nitrogens with one attached hydrogen (secondary N) is 2. The molecule has 0 saturated carbocycles. The van der Waals surface area contributed by atoms with Crippen molar-refractivity contribution in [2.75, 3.05) is 12.4 Å². The summed E-state index contributed by atoms with van der Waals surface area (Å²) in [6.45, 7) is 0.135. The van der Waals surface area contributed by atoms with Gasteiger partial charge in [-0.1, -0.05) is 12.1 Å². The highest BCUT2D eigenvalue weighted by atomic mass is 32.1. The number of anilines is 1. The molecule has 25 heavy (non-hydrogen) atoms. The molecule has 7 heteroatoms. The van der Waals surface area contributed by atoms with Gasteiger partial charge in [-0.15, -0.1) is 11.3 Å². The van der Waals surface area contributed by atoms with Crippen LogP contribution in [0.5, 0.6) is 5.75 Å². The highest BCUT2D eigenvalue weighted by Gasteiger charge is 2.15. The van der Waals surface area contributed by atoms with E-state index in [1.807, 2.05) is 23.6 Å². The standard InChI is InChI=1S/C18H16N2O4S/c1-23-13-5-2-4-12(10-13)20-18(22)17(21)19-11-14-7-8-15(24-14)16-6-3-9-25-16/h2-10H,11H2,1H3,(H,19,21)(H,20,22). The first kappa shape index (κ1) is 16.8. The van der Waals surface area contributed by atoms with Gasteiger partial charge in [-0.05, 0) is 35.7 Å². The van der Waals surface area contributed by atoms with Crippen LogP contribution in [0.2, 0.25) is 0 Å². The molecule has 0 saturated heterocycles. The summed E-state index contributed by atoms with van der Waals surface area (Å²) in [5.74, 6) is 0.413. The normalized spacial score (nSPS) is 10.3. The molecule has 2 amide bonds. The molecule has 0 atom stereocenters. The molecule has 0 aliphatic heterocycles. The summed E-state index contributed by atoms with van der Waals surface area (Å²) in [7, 11) is 1.53. The van der Waals surface area contributed by atoms with E-state index in [1.165, 1.54) is 7.11 Å². The van der Waals surface area contributed by atoms with E-state index < -0.39 is 11.8 Å². The summed E-state index contributed by atoms with van der Waals surface area (Å²) < 4.78 is 10.7. The van der Waals surface area contributed by atoms with Gasteiger partial charge in [0.25, 0.3) is 0 Å². The Morgan fingerprint density at radius 2 is 2.00 bits per heavy atom. The Hall–Kier alpha value is -3.06. The SMILES string of the molecule is COc1cccc(NC(=O)C(=O)NCc2ccc(-c3cccs3)o2)c1. The Kier molecular flexibility index (Phi) is 5.15. The van der Waals surface area contributed by atoms with Crippen LogP contribution in [0, 0.1) is 0 Å². The second kappa shape index (κ2) is 7.67. The van der Waals surface area contributed by atoms with Crippen LogP contribution in [-0.4, -0.2) is 18.9 Å². The molecule has 0 unspecified atom stereocenters. The monoisotopic (exact) mass is 356 g/mol. The van der Waals surface area contributed by atoms with E-state index in [0.717, 1.165) is 10.6 Å². The van der Waals surface area contributed by atoms with Crippen LogP contribution < -0.4 is 15.4 Å². The molecule has 3 aromatic rings. The number of benzene rings is 1. The molecule has 0 radical (unpaired) electrons. The molecule has 0 aliphatic carbocycles. The Morgan fingerprint density at radius 1 is 1.12 bits per heavy atom. The van der Waals surface area contributed by atoms with Gasteiger partial charge in [0.15, 0.2) is 0 Å². The predicted octanol–water partition coefficient (Wildman–Crippen LogP) is 3.27. The first-order valence-corrected chi connectivity index (χ1v) is 8.39. The zero-order valence-corrected chi connectivity index (χ0v) is 14.3. The number of hydrogen-bond donors (Lipinski definition) is 2. The van der Waals surface area contributed by atoms with Crippen molar-refractivity contribution in [3.05, 3.63) is 59.7 Å². The predicted molar refractivity (Wildman–Crippen MR) is 95.5 cm³/mol. The summed E-state index contributed by atoms with van der Waals surface area (Å²) >= 11 is 1.57. The van der Waals surface area contributed by atoms with Gasteiger partial charge in [-0.2, -0.15) is 0 Å². The van der Waals surface area contributed by atoms with Crippen molar-refractivity contribution in [3.63, 3.8) is 0 Å². The minimum absolute atomic E-state index is 0.135. The van der Waals surface area contributed by atoms with Crippen LogP contribution in [0.25, 0.3) is 10.6 Å².